The second kappa shape index (κ2) is 8.26. The van der Waals surface area contributed by atoms with Gasteiger partial charge in [-0.05, 0) is 12.3 Å². The van der Waals surface area contributed by atoms with Gasteiger partial charge in [0.15, 0.2) is 11.5 Å². The minimum atomic E-state index is -1.08. The Hall–Kier alpha value is -2.44. The molecule has 1 amide bonds. The fourth-order valence-electron chi connectivity index (χ4n) is 2.14. The molecule has 0 aliphatic rings. The van der Waals surface area contributed by atoms with Crippen molar-refractivity contribution in [1.29, 1.82) is 0 Å². The standard InChI is InChI=1S/C16H23NO6/c1-9(2)6-11(16(19)20)17-15(18)10-7-13(22-4)14(23-5)8-12(10)21-3/h7-9,11H,6H2,1-5H3,(H,17,18)(H,19,20)/t11-/m1/s1. The van der Waals surface area contributed by atoms with E-state index in [4.69, 9.17) is 14.2 Å². The van der Waals surface area contributed by atoms with Gasteiger partial charge in [0.05, 0.1) is 26.9 Å². The fraction of sp³-hybridized carbons (Fsp3) is 0.500. The molecule has 1 aromatic carbocycles. The van der Waals surface area contributed by atoms with E-state index in [2.05, 4.69) is 5.32 Å². The molecule has 0 spiro atoms. The summed E-state index contributed by atoms with van der Waals surface area (Å²) in [7, 11) is 4.34. The van der Waals surface area contributed by atoms with Crippen molar-refractivity contribution >= 4 is 11.9 Å². The lowest BCUT2D eigenvalue weighted by molar-refractivity contribution is -0.139. The molecule has 1 rings (SSSR count). The van der Waals surface area contributed by atoms with Crippen molar-refractivity contribution in [2.75, 3.05) is 21.3 Å². The minimum Gasteiger partial charge on any atom is -0.496 e. The number of carboxylic acid groups (broad SMARTS) is 1. The average molecular weight is 325 g/mol. The number of nitrogens with one attached hydrogen (secondary N) is 1. The van der Waals surface area contributed by atoms with E-state index in [1.807, 2.05) is 13.8 Å². The molecule has 23 heavy (non-hydrogen) atoms. The zero-order valence-electron chi connectivity index (χ0n) is 14.0. The Bertz CT molecular complexity index is 570. The number of carboxylic acids is 1. The van der Waals surface area contributed by atoms with Crippen LogP contribution in [-0.4, -0.2) is 44.4 Å². The molecule has 0 aliphatic heterocycles. The first-order valence-corrected chi connectivity index (χ1v) is 7.17. The lowest BCUT2D eigenvalue weighted by atomic mass is 10.0. The fourth-order valence-corrected chi connectivity index (χ4v) is 2.14. The summed E-state index contributed by atoms with van der Waals surface area (Å²) < 4.78 is 15.5. The SMILES string of the molecule is COc1cc(OC)c(C(=O)N[C@H](CC(C)C)C(=O)O)cc1OC. The molecule has 128 valence electrons. The molecule has 0 saturated carbocycles. The van der Waals surface area contributed by atoms with E-state index in [9.17, 15) is 14.7 Å². The van der Waals surface area contributed by atoms with Crippen LogP contribution in [0.4, 0.5) is 0 Å². The maximum absolute atomic E-state index is 12.4. The van der Waals surface area contributed by atoms with Crippen molar-refractivity contribution in [2.24, 2.45) is 5.92 Å². The predicted octanol–water partition coefficient (Wildman–Crippen LogP) is 1.94. The number of amides is 1. The monoisotopic (exact) mass is 325 g/mol. The molecule has 1 aromatic rings. The zero-order valence-corrected chi connectivity index (χ0v) is 14.0. The summed E-state index contributed by atoms with van der Waals surface area (Å²) in [6.07, 6.45) is 0.330. The van der Waals surface area contributed by atoms with Crippen LogP contribution in [0.15, 0.2) is 12.1 Å². The van der Waals surface area contributed by atoms with Crippen molar-refractivity contribution in [3.05, 3.63) is 17.7 Å². The Morgan fingerprint density at radius 1 is 1.04 bits per heavy atom. The van der Waals surface area contributed by atoms with Crippen LogP contribution in [0.25, 0.3) is 0 Å². The first kappa shape index (κ1) is 18.6. The second-order valence-electron chi connectivity index (χ2n) is 5.40. The molecule has 0 fully saturated rings. The summed E-state index contributed by atoms with van der Waals surface area (Å²) in [6.45, 7) is 3.78. The Kier molecular flexibility index (Phi) is 6.68. The molecule has 0 saturated heterocycles. The largest absolute Gasteiger partial charge is 0.496 e. The normalized spacial score (nSPS) is 11.7. The van der Waals surface area contributed by atoms with Gasteiger partial charge >= 0.3 is 5.97 Å². The Balaban J connectivity index is 3.12. The van der Waals surface area contributed by atoms with Gasteiger partial charge in [-0.15, -0.1) is 0 Å². The number of carbonyl (C=O) groups excluding carboxylic acids is 1. The van der Waals surface area contributed by atoms with E-state index in [0.717, 1.165) is 0 Å². The van der Waals surface area contributed by atoms with Crippen LogP contribution in [0.2, 0.25) is 0 Å². The predicted molar refractivity (Wildman–Crippen MR) is 84.4 cm³/mol. The average Bonchev–Trinajstić information content (AvgIpc) is 2.51. The number of aliphatic carboxylic acids is 1. The van der Waals surface area contributed by atoms with Crippen LogP contribution >= 0.6 is 0 Å². The molecular formula is C16H23NO6. The zero-order chi connectivity index (χ0) is 17.6. The highest BCUT2D eigenvalue weighted by atomic mass is 16.5. The first-order valence-electron chi connectivity index (χ1n) is 7.17. The number of methoxy groups -OCH3 is 3. The van der Waals surface area contributed by atoms with Gasteiger partial charge in [-0.2, -0.15) is 0 Å². The molecule has 0 radical (unpaired) electrons. The Morgan fingerprint density at radius 3 is 2.00 bits per heavy atom. The molecule has 2 N–H and O–H groups in total. The third-order valence-electron chi connectivity index (χ3n) is 3.26. The molecule has 1 atom stereocenters. The van der Waals surface area contributed by atoms with E-state index in [1.54, 1.807) is 0 Å². The van der Waals surface area contributed by atoms with Crippen molar-refractivity contribution in [3.63, 3.8) is 0 Å². The summed E-state index contributed by atoms with van der Waals surface area (Å²) in [5, 5.41) is 11.7. The van der Waals surface area contributed by atoms with Gasteiger partial charge < -0.3 is 24.6 Å². The highest BCUT2D eigenvalue weighted by Gasteiger charge is 2.24. The number of benzene rings is 1. The third kappa shape index (κ3) is 4.77. The third-order valence-corrected chi connectivity index (χ3v) is 3.26. The van der Waals surface area contributed by atoms with Crippen LogP contribution in [0.3, 0.4) is 0 Å². The maximum Gasteiger partial charge on any atom is 0.326 e. The van der Waals surface area contributed by atoms with Crippen LogP contribution in [0.5, 0.6) is 17.2 Å². The molecule has 7 heteroatoms. The highest BCUT2D eigenvalue weighted by Crippen LogP contribution is 2.34. The van der Waals surface area contributed by atoms with Gasteiger partial charge in [0.1, 0.15) is 11.8 Å². The Morgan fingerprint density at radius 2 is 1.57 bits per heavy atom. The van der Waals surface area contributed by atoms with Gasteiger partial charge in [0, 0.05) is 12.1 Å². The van der Waals surface area contributed by atoms with Crippen molar-refractivity contribution < 1.29 is 28.9 Å². The van der Waals surface area contributed by atoms with E-state index in [-0.39, 0.29) is 17.2 Å². The van der Waals surface area contributed by atoms with E-state index < -0.39 is 17.9 Å². The molecule has 0 unspecified atom stereocenters. The first-order chi connectivity index (χ1) is 10.8. The van der Waals surface area contributed by atoms with E-state index >= 15 is 0 Å². The van der Waals surface area contributed by atoms with Crippen LogP contribution in [0.1, 0.15) is 30.6 Å². The van der Waals surface area contributed by atoms with Gasteiger partial charge in [-0.1, -0.05) is 13.8 Å². The number of ether oxygens (including phenoxy) is 3. The van der Waals surface area contributed by atoms with Gasteiger partial charge in [0.25, 0.3) is 5.91 Å². The number of carbonyl (C=O) groups is 2. The highest BCUT2D eigenvalue weighted by molar-refractivity contribution is 5.99. The quantitative estimate of drug-likeness (QED) is 0.758. The van der Waals surface area contributed by atoms with Crippen molar-refractivity contribution in [2.45, 2.75) is 26.3 Å². The number of rotatable bonds is 8. The smallest absolute Gasteiger partial charge is 0.326 e. The van der Waals surface area contributed by atoms with Gasteiger partial charge in [0.2, 0.25) is 0 Å². The van der Waals surface area contributed by atoms with E-state index in [1.165, 1.54) is 33.5 Å². The summed E-state index contributed by atoms with van der Waals surface area (Å²) in [5.41, 5.74) is 0.181. The molecule has 0 aromatic heterocycles. The Labute approximate surface area is 135 Å². The van der Waals surface area contributed by atoms with Crippen molar-refractivity contribution in [1.82, 2.24) is 5.32 Å². The summed E-state index contributed by atoms with van der Waals surface area (Å²) in [4.78, 5) is 23.7. The molecule has 0 heterocycles. The minimum absolute atomic E-state index is 0.128. The molecule has 7 nitrogen and oxygen atoms in total. The molecule has 0 bridgehead atoms. The van der Waals surface area contributed by atoms with Crippen molar-refractivity contribution in [3.8, 4) is 17.2 Å². The van der Waals surface area contributed by atoms with Crippen LogP contribution in [-0.2, 0) is 4.79 Å². The summed E-state index contributed by atoms with van der Waals surface area (Å²) >= 11 is 0. The lowest BCUT2D eigenvalue weighted by Crippen LogP contribution is -2.41. The maximum atomic E-state index is 12.4. The van der Waals surface area contributed by atoms with Gasteiger partial charge in [-0.25, -0.2) is 4.79 Å². The van der Waals surface area contributed by atoms with E-state index in [0.29, 0.717) is 17.9 Å². The summed E-state index contributed by atoms with van der Waals surface area (Å²) in [6, 6.07) is 2.01. The topological polar surface area (TPSA) is 94.1 Å². The lowest BCUT2D eigenvalue weighted by Gasteiger charge is -2.18. The van der Waals surface area contributed by atoms with Gasteiger partial charge in [-0.3, -0.25) is 4.79 Å². The van der Waals surface area contributed by atoms with Crippen LogP contribution in [0, 0.1) is 5.92 Å². The van der Waals surface area contributed by atoms with Crippen LogP contribution < -0.4 is 19.5 Å². The number of hydrogen-bond donors (Lipinski definition) is 2. The second-order valence-corrected chi connectivity index (χ2v) is 5.40. The molecular weight excluding hydrogens is 302 g/mol. The number of hydrogen-bond acceptors (Lipinski definition) is 5. The molecule has 0 aliphatic carbocycles. The summed E-state index contributed by atoms with van der Waals surface area (Å²) in [5.74, 6) is -0.452.